The summed E-state index contributed by atoms with van der Waals surface area (Å²) < 4.78 is 5.49. The first-order valence-electron chi connectivity index (χ1n) is 6.09. The zero-order valence-corrected chi connectivity index (χ0v) is 11.7. The van der Waals surface area contributed by atoms with E-state index >= 15 is 0 Å². The zero-order valence-electron chi connectivity index (χ0n) is 11.7. The van der Waals surface area contributed by atoms with E-state index < -0.39 is 11.7 Å². The number of nitrogens with zero attached hydrogens (tertiary/aromatic N) is 1. The SMILES string of the molecule is CC(C)C(=O)[C@](C)(OC(=O)N(C)C)C1(C)CC1. The second-order valence-corrected chi connectivity index (χ2v) is 5.88. The van der Waals surface area contributed by atoms with E-state index in [0.717, 1.165) is 12.8 Å². The number of Topliss-reactive ketones (excluding diaryl/α,β-unsaturated/α-hetero) is 1. The monoisotopic (exact) mass is 241 g/mol. The minimum atomic E-state index is -0.997. The Morgan fingerprint density at radius 3 is 2.06 bits per heavy atom. The molecule has 1 amide bonds. The third-order valence-corrected chi connectivity index (χ3v) is 3.80. The molecule has 0 aliphatic heterocycles. The molecular formula is C13H23NO3. The van der Waals surface area contributed by atoms with Crippen molar-refractivity contribution in [3.63, 3.8) is 0 Å². The molecule has 0 aromatic rings. The van der Waals surface area contributed by atoms with Gasteiger partial charge in [-0.1, -0.05) is 20.8 Å². The summed E-state index contributed by atoms with van der Waals surface area (Å²) in [5.41, 5.74) is -1.19. The number of rotatable bonds is 4. The minimum absolute atomic E-state index is 0.00713. The topological polar surface area (TPSA) is 46.6 Å². The van der Waals surface area contributed by atoms with Gasteiger partial charge in [0, 0.05) is 25.4 Å². The molecule has 0 saturated heterocycles. The van der Waals surface area contributed by atoms with Crippen molar-refractivity contribution in [2.24, 2.45) is 11.3 Å². The normalized spacial score (nSPS) is 20.6. The molecule has 0 radical (unpaired) electrons. The fourth-order valence-corrected chi connectivity index (χ4v) is 1.95. The van der Waals surface area contributed by atoms with Crippen molar-refractivity contribution in [1.29, 1.82) is 0 Å². The van der Waals surface area contributed by atoms with Crippen LogP contribution < -0.4 is 0 Å². The van der Waals surface area contributed by atoms with Crippen LogP contribution in [0.25, 0.3) is 0 Å². The molecule has 1 atom stereocenters. The van der Waals surface area contributed by atoms with E-state index in [4.69, 9.17) is 4.74 Å². The van der Waals surface area contributed by atoms with Crippen LogP contribution in [-0.4, -0.2) is 36.5 Å². The van der Waals surface area contributed by atoms with Crippen LogP contribution >= 0.6 is 0 Å². The predicted octanol–water partition coefficient (Wildman–Crippen LogP) is 2.47. The molecule has 1 saturated carbocycles. The average molecular weight is 241 g/mol. The highest BCUT2D eigenvalue weighted by molar-refractivity contribution is 5.91. The number of amides is 1. The second-order valence-electron chi connectivity index (χ2n) is 5.88. The molecule has 1 aliphatic carbocycles. The summed E-state index contributed by atoms with van der Waals surface area (Å²) in [5, 5.41) is 0. The van der Waals surface area contributed by atoms with Gasteiger partial charge in [-0.25, -0.2) is 4.79 Å². The highest BCUT2D eigenvalue weighted by atomic mass is 16.6. The van der Waals surface area contributed by atoms with Gasteiger partial charge in [-0.3, -0.25) is 4.79 Å². The number of carbonyl (C=O) groups is 2. The summed E-state index contributed by atoms with van der Waals surface area (Å²) >= 11 is 0. The van der Waals surface area contributed by atoms with Gasteiger partial charge in [0.2, 0.25) is 0 Å². The van der Waals surface area contributed by atoms with Gasteiger partial charge in [-0.15, -0.1) is 0 Å². The lowest BCUT2D eigenvalue weighted by Crippen LogP contribution is -2.50. The molecule has 0 bridgehead atoms. The zero-order chi connectivity index (χ0) is 13.4. The van der Waals surface area contributed by atoms with Crippen LogP contribution in [0.15, 0.2) is 0 Å². The van der Waals surface area contributed by atoms with Gasteiger partial charge in [0.25, 0.3) is 0 Å². The quantitative estimate of drug-likeness (QED) is 0.759. The van der Waals surface area contributed by atoms with Crippen LogP contribution in [0, 0.1) is 11.3 Å². The predicted molar refractivity (Wildman–Crippen MR) is 65.8 cm³/mol. The van der Waals surface area contributed by atoms with Crippen molar-refractivity contribution >= 4 is 11.9 Å². The molecule has 0 spiro atoms. The average Bonchev–Trinajstić information content (AvgIpc) is 2.96. The summed E-state index contributed by atoms with van der Waals surface area (Å²) in [6, 6.07) is 0. The fraction of sp³-hybridized carbons (Fsp3) is 0.846. The number of hydrogen-bond acceptors (Lipinski definition) is 3. The molecule has 4 heteroatoms. The molecule has 1 rings (SSSR count). The molecular weight excluding hydrogens is 218 g/mol. The lowest BCUT2D eigenvalue weighted by Gasteiger charge is -2.36. The van der Waals surface area contributed by atoms with Gasteiger partial charge in [-0.2, -0.15) is 0 Å². The fourth-order valence-electron chi connectivity index (χ4n) is 1.95. The number of hydrogen-bond donors (Lipinski definition) is 0. The second kappa shape index (κ2) is 4.31. The van der Waals surface area contributed by atoms with Crippen LogP contribution in [0.5, 0.6) is 0 Å². The van der Waals surface area contributed by atoms with E-state index in [1.807, 2.05) is 20.8 Å². The van der Waals surface area contributed by atoms with Crippen molar-refractivity contribution in [1.82, 2.24) is 4.90 Å². The lowest BCUT2D eigenvalue weighted by atomic mass is 9.79. The smallest absolute Gasteiger partial charge is 0.410 e. The highest BCUT2D eigenvalue weighted by Crippen LogP contribution is 2.56. The van der Waals surface area contributed by atoms with E-state index in [9.17, 15) is 9.59 Å². The van der Waals surface area contributed by atoms with Gasteiger partial charge < -0.3 is 9.64 Å². The van der Waals surface area contributed by atoms with E-state index in [-0.39, 0.29) is 17.1 Å². The van der Waals surface area contributed by atoms with Crippen LogP contribution in [0.3, 0.4) is 0 Å². The van der Waals surface area contributed by atoms with E-state index in [1.54, 1.807) is 21.0 Å². The molecule has 0 aromatic heterocycles. The Morgan fingerprint density at radius 2 is 1.76 bits per heavy atom. The van der Waals surface area contributed by atoms with Gasteiger partial charge in [0.05, 0.1) is 0 Å². The maximum absolute atomic E-state index is 12.3. The third kappa shape index (κ3) is 2.45. The van der Waals surface area contributed by atoms with Crippen LogP contribution in [0.1, 0.15) is 40.5 Å². The first-order chi connectivity index (χ1) is 7.64. The lowest BCUT2D eigenvalue weighted by molar-refractivity contribution is -0.147. The van der Waals surface area contributed by atoms with Crippen molar-refractivity contribution < 1.29 is 14.3 Å². The van der Waals surface area contributed by atoms with Crippen molar-refractivity contribution in [3.05, 3.63) is 0 Å². The Kier molecular flexibility index (Phi) is 3.55. The molecule has 0 aromatic carbocycles. The Hall–Kier alpha value is -1.06. The Labute approximate surface area is 103 Å². The standard InChI is InChI=1S/C13H23NO3/c1-9(2)10(15)13(4,12(3)7-8-12)17-11(16)14(5)6/h9H,7-8H2,1-6H3/t13-/m0/s1. The first kappa shape index (κ1) is 14.0. The minimum Gasteiger partial charge on any atom is -0.434 e. The van der Waals surface area contributed by atoms with Gasteiger partial charge in [0.1, 0.15) is 0 Å². The van der Waals surface area contributed by atoms with E-state index in [0.29, 0.717) is 0 Å². The van der Waals surface area contributed by atoms with Crippen LogP contribution in [-0.2, 0) is 9.53 Å². The van der Waals surface area contributed by atoms with Crippen molar-refractivity contribution in [2.75, 3.05) is 14.1 Å². The maximum Gasteiger partial charge on any atom is 0.410 e. The van der Waals surface area contributed by atoms with Crippen LogP contribution in [0.2, 0.25) is 0 Å². The molecule has 98 valence electrons. The Bertz CT molecular complexity index is 332. The van der Waals surface area contributed by atoms with Gasteiger partial charge in [0.15, 0.2) is 11.4 Å². The van der Waals surface area contributed by atoms with Crippen molar-refractivity contribution in [2.45, 2.75) is 46.1 Å². The molecule has 1 aliphatic rings. The number of ketones is 1. The van der Waals surface area contributed by atoms with Crippen LogP contribution in [0.4, 0.5) is 4.79 Å². The summed E-state index contributed by atoms with van der Waals surface area (Å²) in [6.07, 6.45) is 1.42. The summed E-state index contributed by atoms with van der Waals surface area (Å²) in [7, 11) is 3.25. The first-order valence-corrected chi connectivity index (χ1v) is 6.09. The maximum atomic E-state index is 12.3. The Balaban J connectivity index is 2.96. The van der Waals surface area contributed by atoms with E-state index in [2.05, 4.69) is 0 Å². The molecule has 17 heavy (non-hydrogen) atoms. The molecule has 1 fully saturated rings. The highest BCUT2D eigenvalue weighted by Gasteiger charge is 2.60. The summed E-state index contributed by atoms with van der Waals surface area (Å²) in [6.45, 7) is 7.45. The van der Waals surface area contributed by atoms with Gasteiger partial charge >= 0.3 is 6.09 Å². The molecule has 0 N–H and O–H groups in total. The summed E-state index contributed by atoms with van der Waals surface area (Å²) in [5.74, 6) is -0.125. The largest absolute Gasteiger partial charge is 0.434 e. The summed E-state index contributed by atoms with van der Waals surface area (Å²) in [4.78, 5) is 25.4. The Morgan fingerprint density at radius 1 is 1.29 bits per heavy atom. The number of carbonyl (C=O) groups excluding carboxylic acids is 2. The molecule has 0 heterocycles. The van der Waals surface area contributed by atoms with Crippen molar-refractivity contribution in [3.8, 4) is 0 Å². The number of ether oxygens (including phenoxy) is 1. The third-order valence-electron chi connectivity index (χ3n) is 3.80. The van der Waals surface area contributed by atoms with Gasteiger partial charge in [-0.05, 0) is 19.8 Å². The molecule has 0 unspecified atom stereocenters. The van der Waals surface area contributed by atoms with E-state index in [1.165, 1.54) is 4.90 Å². The molecule has 4 nitrogen and oxygen atoms in total.